The van der Waals surface area contributed by atoms with E-state index in [9.17, 15) is 13.2 Å². The molecule has 0 fully saturated rings. The average Bonchev–Trinajstić information content (AvgIpc) is 2.47. The van der Waals surface area contributed by atoms with Crippen LogP contribution < -0.4 is 0 Å². The maximum Gasteiger partial charge on any atom is 0.401 e. The zero-order chi connectivity index (χ0) is 12.3. The quantitative estimate of drug-likeness (QED) is 0.833. The van der Waals surface area contributed by atoms with Crippen molar-refractivity contribution in [2.45, 2.75) is 32.6 Å². The topological polar surface area (TPSA) is 16.1 Å². The minimum absolute atomic E-state index is 0.178. The monoisotopic (exact) mass is 272 g/mol. The second-order valence-electron chi connectivity index (χ2n) is 3.69. The lowest BCUT2D eigenvalue weighted by Gasteiger charge is -2.26. The Kier molecular flexibility index (Phi) is 4.58. The van der Waals surface area contributed by atoms with Crippen LogP contribution in [0.25, 0.3) is 0 Å². The van der Waals surface area contributed by atoms with Gasteiger partial charge in [0, 0.05) is 23.7 Å². The zero-order valence-corrected chi connectivity index (χ0v) is 10.5. The van der Waals surface area contributed by atoms with Gasteiger partial charge in [-0.2, -0.15) is 13.2 Å². The predicted octanol–water partition coefficient (Wildman–Crippen LogP) is 3.57. The lowest BCUT2D eigenvalue weighted by atomic mass is 10.3. The van der Waals surface area contributed by atoms with Crippen LogP contribution >= 0.6 is 22.9 Å². The Morgan fingerprint density at radius 2 is 2.12 bits per heavy atom. The molecule has 92 valence electrons. The van der Waals surface area contributed by atoms with E-state index in [0.29, 0.717) is 4.47 Å². The summed E-state index contributed by atoms with van der Waals surface area (Å²) in [6, 6.07) is -0.178. The van der Waals surface area contributed by atoms with Crippen LogP contribution in [0.4, 0.5) is 13.2 Å². The summed E-state index contributed by atoms with van der Waals surface area (Å²) < 4.78 is 37.2. The molecule has 1 aromatic heterocycles. The van der Waals surface area contributed by atoms with Gasteiger partial charge in [-0.25, -0.2) is 4.98 Å². The lowest BCUT2D eigenvalue weighted by Crippen LogP contribution is -2.38. The zero-order valence-electron chi connectivity index (χ0n) is 8.88. The van der Waals surface area contributed by atoms with Crippen LogP contribution in [-0.2, 0) is 6.54 Å². The molecular formula is C9H12ClF3N2S. The van der Waals surface area contributed by atoms with Crippen LogP contribution in [0.3, 0.4) is 0 Å². The molecule has 0 radical (unpaired) electrons. The molecular weight excluding hydrogens is 261 g/mol. The molecule has 1 aromatic rings. The van der Waals surface area contributed by atoms with E-state index in [-0.39, 0.29) is 12.6 Å². The highest BCUT2D eigenvalue weighted by molar-refractivity contribution is 7.15. The van der Waals surface area contributed by atoms with Crippen LogP contribution in [0.1, 0.15) is 18.7 Å². The Labute approximate surface area is 101 Å². The van der Waals surface area contributed by atoms with Gasteiger partial charge in [-0.05, 0) is 13.8 Å². The first-order valence-electron chi connectivity index (χ1n) is 4.69. The number of thiazole rings is 1. The van der Waals surface area contributed by atoms with Gasteiger partial charge in [0.05, 0.1) is 6.54 Å². The molecule has 0 aliphatic heterocycles. The number of aromatic nitrogens is 1. The first-order valence-corrected chi connectivity index (χ1v) is 5.88. The second-order valence-corrected chi connectivity index (χ2v) is 5.39. The van der Waals surface area contributed by atoms with Crippen molar-refractivity contribution in [2.75, 3.05) is 6.54 Å². The third-order valence-electron chi connectivity index (χ3n) is 2.00. The van der Waals surface area contributed by atoms with E-state index in [2.05, 4.69) is 4.98 Å². The SMILES string of the molecule is CC(C)N(Cc1cnc(Cl)s1)CC(F)(F)F. The molecule has 0 saturated carbocycles. The largest absolute Gasteiger partial charge is 0.401 e. The van der Waals surface area contributed by atoms with Crippen LogP contribution in [0.2, 0.25) is 4.47 Å². The van der Waals surface area contributed by atoms with Crippen molar-refractivity contribution in [1.82, 2.24) is 9.88 Å². The van der Waals surface area contributed by atoms with Gasteiger partial charge in [0.1, 0.15) is 0 Å². The molecule has 0 atom stereocenters. The molecule has 16 heavy (non-hydrogen) atoms. The summed E-state index contributed by atoms with van der Waals surface area (Å²) in [7, 11) is 0. The molecule has 0 aliphatic carbocycles. The minimum Gasteiger partial charge on any atom is -0.287 e. The highest BCUT2D eigenvalue weighted by atomic mass is 35.5. The van der Waals surface area contributed by atoms with Crippen LogP contribution in [-0.4, -0.2) is 28.6 Å². The third-order valence-corrected chi connectivity index (χ3v) is 3.10. The van der Waals surface area contributed by atoms with Crippen molar-refractivity contribution in [2.24, 2.45) is 0 Å². The molecule has 0 aromatic carbocycles. The first kappa shape index (κ1) is 13.7. The Morgan fingerprint density at radius 1 is 1.50 bits per heavy atom. The van der Waals surface area contributed by atoms with Gasteiger partial charge < -0.3 is 0 Å². The summed E-state index contributed by atoms with van der Waals surface area (Å²) >= 11 is 6.83. The van der Waals surface area contributed by atoms with E-state index in [0.717, 1.165) is 4.88 Å². The van der Waals surface area contributed by atoms with Gasteiger partial charge in [0.2, 0.25) is 0 Å². The van der Waals surface area contributed by atoms with Crippen LogP contribution in [0, 0.1) is 0 Å². The van der Waals surface area contributed by atoms with E-state index in [4.69, 9.17) is 11.6 Å². The summed E-state index contributed by atoms with van der Waals surface area (Å²) in [5.74, 6) is 0. The molecule has 0 bridgehead atoms. The standard InChI is InChI=1S/C9H12ClF3N2S/c1-6(2)15(5-9(11,12)13)4-7-3-14-8(10)16-7/h3,6H,4-5H2,1-2H3. The average molecular weight is 273 g/mol. The van der Waals surface area contributed by atoms with Crippen LogP contribution in [0.5, 0.6) is 0 Å². The Hall–Kier alpha value is -0.330. The van der Waals surface area contributed by atoms with Gasteiger partial charge in [-0.3, -0.25) is 4.90 Å². The fourth-order valence-corrected chi connectivity index (χ4v) is 2.21. The van der Waals surface area contributed by atoms with Crippen molar-refractivity contribution in [3.63, 3.8) is 0 Å². The van der Waals surface area contributed by atoms with Crippen molar-refractivity contribution in [1.29, 1.82) is 0 Å². The number of rotatable bonds is 4. The number of hydrogen-bond acceptors (Lipinski definition) is 3. The molecule has 2 nitrogen and oxygen atoms in total. The maximum atomic E-state index is 12.3. The van der Waals surface area contributed by atoms with Gasteiger partial charge in [0.25, 0.3) is 0 Å². The number of hydrogen-bond donors (Lipinski definition) is 0. The maximum absolute atomic E-state index is 12.3. The summed E-state index contributed by atoms with van der Waals surface area (Å²) in [6.07, 6.45) is -2.67. The molecule has 1 rings (SSSR count). The predicted molar refractivity (Wildman–Crippen MR) is 58.7 cm³/mol. The third kappa shape index (κ3) is 4.67. The molecule has 7 heteroatoms. The number of halogens is 4. The molecule has 0 saturated heterocycles. The first-order chi connectivity index (χ1) is 7.28. The number of alkyl halides is 3. The molecule has 1 heterocycles. The fraction of sp³-hybridized carbons (Fsp3) is 0.667. The Balaban J connectivity index is 2.65. The lowest BCUT2D eigenvalue weighted by molar-refractivity contribution is -0.150. The van der Waals surface area contributed by atoms with Crippen LogP contribution in [0.15, 0.2) is 6.20 Å². The minimum atomic E-state index is -4.18. The summed E-state index contributed by atoms with van der Waals surface area (Å²) in [6.45, 7) is 2.77. The summed E-state index contributed by atoms with van der Waals surface area (Å²) in [5.41, 5.74) is 0. The highest BCUT2D eigenvalue weighted by Crippen LogP contribution is 2.23. The van der Waals surface area contributed by atoms with Crippen molar-refractivity contribution < 1.29 is 13.2 Å². The molecule has 0 amide bonds. The molecule has 0 aliphatic rings. The van der Waals surface area contributed by atoms with Crippen molar-refractivity contribution in [3.8, 4) is 0 Å². The summed E-state index contributed by atoms with van der Waals surface area (Å²) in [5, 5.41) is 0. The van der Waals surface area contributed by atoms with Gasteiger partial charge in [-0.15, -0.1) is 11.3 Å². The van der Waals surface area contributed by atoms with Gasteiger partial charge >= 0.3 is 6.18 Å². The van der Waals surface area contributed by atoms with E-state index in [1.807, 2.05) is 0 Å². The smallest absolute Gasteiger partial charge is 0.287 e. The van der Waals surface area contributed by atoms with Gasteiger partial charge in [-0.1, -0.05) is 11.6 Å². The van der Waals surface area contributed by atoms with Crippen molar-refractivity contribution >= 4 is 22.9 Å². The van der Waals surface area contributed by atoms with E-state index < -0.39 is 12.7 Å². The Bertz CT molecular complexity index is 338. The normalized spacial score (nSPS) is 12.8. The highest BCUT2D eigenvalue weighted by Gasteiger charge is 2.31. The van der Waals surface area contributed by atoms with Gasteiger partial charge in [0.15, 0.2) is 4.47 Å². The van der Waals surface area contributed by atoms with E-state index in [1.54, 1.807) is 13.8 Å². The number of nitrogens with zero attached hydrogens (tertiary/aromatic N) is 2. The summed E-state index contributed by atoms with van der Waals surface area (Å²) in [4.78, 5) is 5.88. The fourth-order valence-electron chi connectivity index (χ4n) is 1.21. The van der Waals surface area contributed by atoms with Crippen molar-refractivity contribution in [3.05, 3.63) is 15.5 Å². The molecule has 0 spiro atoms. The Morgan fingerprint density at radius 3 is 2.50 bits per heavy atom. The van der Waals surface area contributed by atoms with E-state index in [1.165, 1.54) is 22.4 Å². The van der Waals surface area contributed by atoms with E-state index >= 15 is 0 Å². The molecule has 0 N–H and O–H groups in total. The second kappa shape index (κ2) is 5.33. The molecule has 0 unspecified atom stereocenters.